The number of nitrogens with zero attached hydrogens (tertiary/aromatic N) is 3. The lowest BCUT2D eigenvalue weighted by molar-refractivity contribution is 0.0684. The van der Waals surface area contributed by atoms with Gasteiger partial charge in [0.2, 0.25) is 0 Å². The molecule has 154 valence electrons. The fourth-order valence-electron chi connectivity index (χ4n) is 3.25. The van der Waals surface area contributed by atoms with Crippen LogP contribution >= 0.6 is 0 Å². The molecule has 30 heavy (non-hydrogen) atoms. The molecule has 3 aromatic heterocycles. The van der Waals surface area contributed by atoms with Gasteiger partial charge in [0.05, 0.1) is 45.3 Å². The van der Waals surface area contributed by atoms with E-state index in [1.165, 1.54) is 0 Å². The molecule has 0 aromatic carbocycles. The molecular formula is C23H23N3O4. The lowest BCUT2D eigenvalue weighted by Gasteiger charge is -2.10. The molecule has 7 nitrogen and oxygen atoms in total. The minimum absolute atomic E-state index is 0.201. The second kappa shape index (κ2) is 9.26. The summed E-state index contributed by atoms with van der Waals surface area (Å²) in [6.07, 6.45) is 2.69. The maximum Gasteiger partial charge on any atom is 0.337 e. The molecule has 3 aromatic rings. The van der Waals surface area contributed by atoms with Crippen LogP contribution in [0.15, 0.2) is 42.5 Å². The van der Waals surface area contributed by atoms with Gasteiger partial charge in [0, 0.05) is 0 Å². The third-order valence-corrected chi connectivity index (χ3v) is 4.66. The second-order valence-electron chi connectivity index (χ2n) is 6.90. The van der Waals surface area contributed by atoms with E-state index in [0.717, 1.165) is 12.8 Å². The molecule has 0 unspecified atom stereocenters. The van der Waals surface area contributed by atoms with E-state index in [9.17, 15) is 19.8 Å². The number of rotatable bonds is 8. The van der Waals surface area contributed by atoms with Gasteiger partial charge in [-0.05, 0) is 49.2 Å². The van der Waals surface area contributed by atoms with Gasteiger partial charge in [-0.2, -0.15) is 0 Å². The first-order valence-electron chi connectivity index (χ1n) is 9.88. The van der Waals surface area contributed by atoms with Crippen LogP contribution in [-0.2, 0) is 12.8 Å². The van der Waals surface area contributed by atoms with Gasteiger partial charge < -0.3 is 10.2 Å². The van der Waals surface area contributed by atoms with E-state index in [4.69, 9.17) is 0 Å². The zero-order chi connectivity index (χ0) is 21.7. The molecular weight excluding hydrogens is 382 g/mol. The van der Waals surface area contributed by atoms with Crippen molar-refractivity contribution in [1.82, 2.24) is 15.0 Å². The topological polar surface area (TPSA) is 113 Å². The predicted octanol–water partition coefficient (Wildman–Crippen LogP) is 4.51. The van der Waals surface area contributed by atoms with Crippen molar-refractivity contribution >= 4 is 11.9 Å². The molecule has 0 amide bonds. The van der Waals surface area contributed by atoms with Gasteiger partial charge >= 0.3 is 11.9 Å². The summed E-state index contributed by atoms with van der Waals surface area (Å²) in [6, 6.07) is 11.9. The number of hydrogen-bond donors (Lipinski definition) is 2. The maximum atomic E-state index is 11.4. The zero-order valence-electron chi connectivity index (χ0n) is 16.9. The van der Waals surface area contributed by atoms with Gasteiger partial charge in [-0.1, -0.05) is 32.8 Å². The van der Waals surface area contributed by atoms with Crippen molar-refractivity contribution in [2.24, 2.45) is 0 Å². The second-order valence-corrected chi connectivity index (χ2v) is 6.90. The van der Waals surface area contributed by atoms with Crippen LogP contribution in [0.1, 0.15) is 58.8 Å². The van der Waals surface area contributed by atoms with E-state index in [0.29, 0.717) is 47.0 Å². The monoisotopic (exact) mass is 405 g/mol. The number of hydrogen-bond acceptors (Lipinski definition) is 5. The van der Waals surface area contributed by atoms with Crippen molar-refractivity contribution < 1.29 is 19.8 Å². The van der Waals surface area contributed by atoms with E-state index < -0.39 is 11.9 Å². The highest BCUT2D eigenvalue weighted by Gasteiger charge is 2.15. The Morgan fingerprint density at radius 3 is 1.43 bits per heavy atom. The van der Waals surface area contributed by atoms with Crippen LogP contribution in [-0.4, -0.2) is 37.1 Å². The van der Waals surface area contributed by atoms with Crippen molar-refractivity contribution in [2.45, 2.75) is 39.5 Å². The largest absolute Gasteiger partial charge is 0.478 e. The third-order valence-electron chi connectivity index (χ3n) is 4.66. The fraction of sp³-hybridized carbons (Fsp3) is 0.261. The highest BCUT2D eigenvalue weighted by atomic mass is 16.4. The summed E-state index contributed by atoms with van der Waals surface area (Å²) < 4.78 is 0. The molecule has 0 spiro atoms. The molecule has 0 atom stereocenters. The normalized spacial score (nSPS) is 10.7. The highest BCUT2D eigenvalue weighted by Crippen LogP contribution is 2.23. The summed E-state index contributed by atoms with van der Waals surface area (Å²) in [7, 11) is 0. The summed E-state index contributed by atoms with van der Waals surface area (Å²) in [6.45, 7) is 3.94. The Morgan fingerprint density at radius 2 is 1.07 bits per heavy atom. The Hall–Kier alpha value is -3.61. The van der Waals surface area contributed by atoms with Gasteiger partial charge in [0.15, 0.2) is 0 Å². The summed E-state index contributed by atoms with van der Waals surface area (Å²) in [5.74, 6) is -1.99. The Balaban J connectivity index is 2.03. The summed E-state index contributed by atoms with van der Waals surface area (Å²) in [4.78, 5) is 36.6. The molecule has 7 heteroatoms. The molecule has 0 saturated carbocycles. The molecule has 0 saturated heterocycles. The quantitative estimate of drug-likeness (QED) is 0.567. The first kappa shape index (κ1) is 21.1. The van der Waals surface area contributed by atoms with Crippen molar-refractivity contribution in [3.05, 3.63) is 65.0 Å². The van der Waals surface area contributed by atoms with Crippen LogP contribution < -0.4 is 0 Å². The number of aromatic carboxylic acids is 2. The Labute approximate surface area is 174 Å². The Kier molecular flexibility index (Phi) is 6.51. The molecule has 2 N–H and O–H groups in total. The summed E-state index contributed by atoms with van der Waals surface area (Å²) in [5.41, 5.74) is 3.83. The fourth-order valence-corrected chi connectivity index (χ4v) is 3.25. The minimum Gasteiger partial charge on any atom is -0.478 e. The number of carboxylic acid groups (broad SMARTS) is 2. The molecule has 0 aliphatic carbocycles. The first-order valence-corrected chi connectivity index (χ1v) is 9.88. The van der Waals surface area contributed by atoms with E-state index in [1.807, 2.05) is 19.9 Å². The van der Waals surface area contributed by atoms with E-state index >= 15 is 0 Å². The van der Waals surface area contributed by atoms with E-state index in [1.54, 1.807) is 36.4 Å². The minimum atomic E-state index is -0.995. The van der Waals surface area contributed by atoms with Crippen molar-refractivity contribution in [2.75, 3.05) is 0 Å². The lowest BCUT2D eigenvalue weighted by Crippen LogP contribution is -2.07. The van der Waals surface area contributed by atoms with Crippen LogP contribution in [0.5, 0.6) is 0 Å². The zero-order valence-corrected chi connectivity index (χ0v) is 16.9. The number of pyridine rings is 3. The molecule has 3 heterocycles. The molecule has 0 aliphatic rings. The number of aryl methyl sites for hydroxylation is 2. The number of carboxylic acids is 2. The van der Waals surface area contributed by atoms with Crippen LogP contribution in [0.3, 0.4) is 0 Å². The van der Waals surface area contributed by atoms with Gasteiger partial charge in [-0.3, -0.25) is 9.97 Å². The average Bonchev–Trinajstić information content (AvgIpc) is 2.74. The third kappa shape index (κ3) is 4.51. The van der Waals surface area contributed by atoms with Crippen LogP contribution in [0.2, 0.25) is 0 Å². The molecule has 0 bridgehead atoms. The molecule has 0 aliphatic heterocycles. The Bertz CT molecular complexity index is 1010. The highest BCUT2D eigenvalue weighted by molar-refractivity contribution is 5.90. The first-order chi connectivity index (χ1) is 14.4. The van der Waals surface area contributed by atoms with E-state index in [-0.39, 0.29) is 11.1 Å². The van der Waals surface area contributed by atoms with Gasteiger partial charge in [0.1, 0.15) is 0 Å². The van der Waals surface area contributed by atoms with Crippen molar-refractivity contribution in [3.8, 4) is 22.8 Å². The van der Waals surface area contributed by atoms with Gasteiger partial charge in [0.25, 0.3) is 0 Å². The van der Waals surface area contributed by atoms with E-state index in [2.05, 4.69) is 15.0 Å². The number of carbonyl (C=O) groups is 2. The van der Waals surface area contributed by atoms with Crippen molar-refractivity contribution in [3.63, 3.8) is 0 Å². The molecule has 0 radical (unpaired) electrons. The summed E-state index contributed by atoms with van der Waals surface area (Å²) in [5, 5.41) is 18.7. The SMILES string of the molecule is CCCc1nc(-c2cccc(-c3ccc(C(=O)O)c(CCC)n3)n2)ccc1C(=O)O. The average molecular weight is 405 g/mol. The molecule has 3 rings (SSSR count). The van der Waals surface area contributed by atoms with Crippen molar-refractivity contribution in [1.29, 1.82) is 0 Å². The number of aromatic nitrogens is 3. The molecule has 0 fully saturated rings. The van der Waals surface area contributed by atoms with Crippen LogP contribution in [0.25, 0.3) is 22.8 Å². The smallest absolute Gasteiger partial charge is 0.337 e. The standard InChI is InChI=1S/C23H23N3O4/c1-3-6-16-14(22(27)28)10-12-20(24-16)18-8-5-9-19(26-18)21-13-11-15(23(29)30)17(25-21)7-4-2/h5,8-13H,3-4,6-7H2,1-2H3,(H,27,28)(H,29,30). The maximum absolute atomic E-state index is 11.4. The summed E-state index contributed by atoms with van der Waals surface area (Å²) >= 11 is 0. The lowest BCUT2D eigenvalue weighted by atomic mass is 10.1. The predicted molar refractivity (Wildman–Crippen MR) is 113 cm³/mol. The Morgan fingerprint density at radius 1 is 0.667 bits per heavy atom. The van der Waals surface area contributed by atoms with Gasteiger partial charge in [-0.25, -0.2) is 14.6 Å². The van der Waals surface area contributed by atoms with Crippen LogP contribution in [0.4, 0.5) is 0 Å². The van der Waals surface area contributed by atoms with Crippen LogP contribution in [0, 0.1) is 0 Å². The van der Waals surface area contributed by atoms with Gasteiger partial charge in [-0.15, -0.1) is 0 Å².